The van der Waals surface area contributed by atoms with Crippen molar-refractivity contribution >= 4 is 38.9 Å². The zero-order chi connectivity index (χ0) is 18.9. The van der Waals surface area contributed by atoms with E-state index in [4.69, 9.17) is 5.11 Å². The standard InChI is InChI=1S/C16H15FN2O5S2/c17-11-6-5-10(16(21)22)9-12(11)18-15(20)13-3-1-7-19(13)26(23,24)14-4-2-8-25-14/h2,4-6,8-9,13H,1,3,7H2,(H,18,20)(H,21,22). The maximum atomic E-state index is 13.9. The van der Waals surface area contributed by atoms with Crippen LogP contribution in [0.2, 0.25) is 0 Å². The van der Waals surface area contributed by atoms with Crippen molar-refractivity contribution in [3.63, 3.8) is 0 Å². The molecule has 1 fully saturated rings. The number of carboxylic acid groups (broad SMARTS) is 1. The van der Waals surface area contributed by atoms with E-state index in [0.29, 0.717) is 12.8 Å². The van der Waals surface area contributed by atoms with E-state index in [1.54, 1.807) is 11.4 Å². The molecule has 0 spiro atoms. The predicted octanol–water partition coefficient (Wildman–Crippen LogP) is 2.38. The minimum atomic E-state index is -3.81. The van der Waals surface area contributed by atoms with Gasteiger partial charge in [0.05, 0.1) is 11.3 Å². The van der Waals surface area contributed by atoms with Crippen LogP contribution in [0, 0.1) is 5.82 Å². The van der Waals surface area contributed by atoms with Crippen LogP contribution in [-0.2, 0) is 14.8 Å². The van der Waals surface area contributed by atoms with Gasteiger partial charge in [-0.25, -0.2) is 17.6 Å². The molecule has 0 saturated carbocycles. The van der Waals surface area contributed by atoms with E-state index in [0.717, 1.165) is 33.8 Å². The lowest BCUT2D eigenvalue weighted by molar-refractivity contribution is -0.119. The zero-order valence-corrected chi connectivity index (χ0v) is 15.0. The molecule has 3 rings (SSSR count). The third kappa shape index (κ3) is 3.48. The van der Waals surface area contributed by atoms with E-state index in [1.807, 2.05) is 0 Å². The summed E-state index contributed by atoms with van der Waals surface area (Å²) in [5.41, 5.74) is -0.480. The van der Waals surface area contributed by atoms with Gasteiger partial charge in [0, 0.05) is 6.54 Å². The molecule has 1 amide bonds. The van der Waals surface area contributed by atoms with Crippen molar-refractivity contribution < 1.29 is 27.5 Å². The molecule has 10 heteroatoms. The molecule has 1 atom stereocenters. The largest absolute Gasteiger partial charge is 0.478 e. The fourth-order valence-corrected chi connectivity index (χ4v) is 5.56. The number of carbonyl (C=O) groups excluding carboxylic acids is 1. The topological polar surface area (TPSA) is 104 Å². The van der Waals surface area contributed by atoms with Gasteiger partial charge < -0.3 is 10.4 Å². The van der Waals surface area contributed by atoms with Crippen LogP contribution in [0.4, 0.5) is 10.1 Å². The fourth-order valence-electron chi connectivity index (χ4n) is 2.79. The Morgan fingerprint density at radius 2 is 2.08 bits per heavy atom. The monoisotopic (exact) mass is 398 g/mol. The Morgan fingerprint density at radius 3 is 2.73 bits per heavy atom. The number of thiophene rings is 1. The number of hydrogen-bond donors (Lipinski definition) is 2. The second kappa shape index (κ2) is 7.14. The van der Waals surface area contributed by atoms with Crippen LogP contribution in [0.25, 0.3) is 0 Å². The average molecular weight is 398 g/mol. The Morgan fingerprint density at radius 1 is 1.31 bits per heavy atom. The van der Waals surface area contributed by atoms with Crippen LogP contribution in [0.1, 0.15) is 23.2 Å². The summed E-state index contributed by atoms with van der Waals surface area (Å²) >= 11 is 1.06. The summed E-state index contributed by atoms with van der Waals surface area (Å²) in [6.45, 7) is 0.190. The summed E-state index contributed by atoms with van der Waals surface area (Å²) in [5, 5.41) is 12.9. The molecule has 2 heterocycles. The van der Waals surface area contributed by atoms with Gasteiger partial charge in [0.15, 0.2) is 0 Å². The smallest absolute Gasteiger partial charge is 0.335 e. The van der Waals surface area contributed by atoms with Crippen molar-refractivity contribution in [3.05, 3.63) is 47.1 Å². The van der Waals surface area contributed by atoms with Gasteiger partial charge >= 0.3 is 5.97 Å². The van der Waals surface area contributed by atoms with Crippen LogP contribution < -0.4 is 5.32 Å². The highest BCUT2D eigenvalue weighted by Gasteiger charge is 2.40. The summed E-state index contributed by atoms with van der Waals surface area (Å²) in [4.78, 5) is 23.5. The molecule has 1 aliphatic heterocycles. The first-order valence-electron chi connectivity index (χ1n) is 7.70. The Balaban J connectivity index is 1.84. The van der Waals surface area contributed by atoms with Crippen LogP contribution in [0.5, 0.6) is 0 Å². The first kappa shape index (κ1) is 18.5. The van der Waals surface area contributed by atoms with Gasteiger partial charge in [0.1, 0.15) is 16.1 Å². The second-order valence-corrected chi connectivity index (χ2v) is 8.76. The fraction of sp³-hybridized carbons (Fsp3) is 0.250. The molecular formula is C16H15FN2O5S2. The molecule has 1 unspecified atom stereocenters. The van der Waals surface area contributed by atoms with E-state index >= 15 is 0 Å². The normalized spacial score (nSPS) is 18.0. The molecular weight excluding hydrogens is 383 g/mol. The third-order valence-corrected chi connectivity index (χ3v) is 7.32. The minimum absolute atomic E-state index is 0.135. The van der Waals surface area contributed by atoms with Crippen molar-refractivity contribution in [3.8, 4) is 0 Å². The van der Waals surface area contributed by atoms with Gasteiger partial charge in [-0.2, -0.15) is 4.31 Å². The molecule has 2 N–H and O–H groups in total. The van der Waals surface area contributed by atoms with Crippen molar-refractivity contribution in [1.29, 1.82) is 0 Å². The number of sulfonamides is 1. The quantitative estimate of drug-likeness (QED) is 0.805. The van der Waals surface area contributed by atoms with Crippen LogP contribution in [0.3, 0.4) is 0 Å². The van der Waals surface area contributed by atoms with Crippen LogP contribution in [-0.4, -0.2) is 42.3 Å². The summed E-state index contributed by atoms with van der Waals surface area (Å²) in [7, 11) is -3.81. The summed E-state index contributed by atoms with van der Waals surface area (Å²) in [6.07, 6.45) is 0.803. The first-order chi connectivity index (χ1) is 12.3. The molecule has 138 valence electrons. The lowest BCUT2D eigenvalue weighted by Crippen LogP contribution is -2.43. The number of amides is 1. The van der Waals surface area contributed by atoms with Crippen LogP contribution >= 0.6 is 11.3 Å². The van der Waals surface area contributed by atoms with Gasteiger partial charge in [-0.05, 0) is 42.5 Å². The molecule has 0 aliphatic carbocycles. The highest BCUT2D eigenvalue weighted by molar-refractivity contribution is 7.91. The predicted molar refractivity (Wildman–Crippen MR) is 93.2 cm³/mol. The van der Waals surface area contributed by atoms with E-state index in [2.05, 4.69) is 5.32 Å². The van der Waals surface area contributed by atoms with Gasteiger partial charge in [-0.15, -0.1) is 11.3 Å². The summed E-state index contributed by atoms with van der Waals surface area (Å²) < 4.78 is 40.5. The molecule has 0 bridgehead atoms. The third-order valence-electron chi connectivity index (χ3n) is 4.04. The lowest BCUT2D eigenvalue weighted by atomic mass is 10.1. The number of hydrogen-bond acceptors (Lipinski definition) is 5. The number of nitrogens with zero attached hydrogens (tertiary/aromatic N) is 1. The number of carbonyl (C=O) groups is 2. The van der Waals surface area contributed by atoms with Gasteiger partial charge in [-0.1, -0.05) is 6.07 Å². The average Bonchev–Trinajstić information content (AvgIpc) is 3.28. The van der Waals surface area contributed by atoms with E-state index in [-0.39, 0.29) is 22.0 Å². The molecule has 2 aromatic rings. The summed E-state index contributed by atoms with van der Waals surface area (Å²) in [6, 6.07) is 5.11. The molecule has 1 aliphatic rings. The molecule has 1 aromatic heterocycles. The molecule has 0 radical (unpaired) electrons. The van der Waals surface area contributed by atoms with Crippen molar-refractivity contribution in [2.45, 2.75) is 23.1 Å². The maximum absolute atomic E-state index is 13.9. The number of nitrogens with one attached hydrogen (secondary N) is 1. The number of anilines is 1. The molecule has 7 nitrogen and oxygen atoms in total. The first-order valence-corrected chi connectivity index (χ1v) is 10.0. The van der Waals surface area contributed by atoms with Gasteiger partial charge in [0.2, 0.25) is 5.91 Å². The number of halogens is 1. The van der Waals surface area contributed by atoms with Crippen molar-refractivity contribution in [2.75, 3.05) is 11.9 Å². The Labute approximate surface area is 153 Å². The second-order valence-electron chi connectivity index (χ2n) is 5.69. The number of benzene rings is 1. The van der Waals surface area contributed by atoms with Crippen LogP contribution in [0.15, 0.2) is 39.9 Å². The van der Waals surface area contributed by atoms with Gasteiger partial charge in [-0.3, -0.25) is 4.79 Å². The van der Waals surface area contributed by atoms with Crippen molar-refractivity contribution in [1.82, 2.24) is 4.31 Å². The maximum Gasteiger partial charge on any atom is 0.335 e. The molecule has 26 heavy (non-hydrogen) atoms. The molecule has 1 aromatic carbocycles. The van der Waals surface area contributed by atoms with E-state index in [1.165, 1.54) is 6.07 Å². The van der Waals surface area contributed by atoms with E-state index in [9.17, 15) is 22.4 Å². The number of aromatic carboxylic acids is 1. The number of rotatable bonds is 5. The highest BCUT2D eigenvalue weighted by atomic mass is 32.2. The Kier molecular flexibility index (Phi) is 5.08. The Hall–Kier alpha value is -2.30. The highest BCUT2D eigenvalue weighted by Crippen LogP contribution is 2.29. The van der Waals surface area contributed by atoms with Gasteiger partial charge in [0.25, 0.3) is 10.0 Å². The molecule has 1 saturated heterocycles. The number of carboxylic acids is 1. The lowest BCUT2D eigenvalue weighted by Gasteiger charge is -2.22. The van der Waals surface area contributed by atoms with E-state index < -0.39 is 33.8 Å². The SMILES string of the molecule is O=C(O)c1ccc(F)c(NC(=O)C2CCCN2S(=O)(=O)c2cccs2)c1. The zero-order valence-electron chi connectivity index (χ0n) is 13.4. The Bertz CT molecular complexity index is 944. The van der Waals surface area contributed by atoms with Crippen molar-refractivity contribution in [2.24, 2.45) is 0 Å². The minimum Gasteiger partial charge on any atom is -0.478 e. The summed E-state index contributed by atoms with van der Waals surface area (Å²) in [5.74, 6) is -2.75.